The van der Waals surface area contributed by atoms with Crippen LogP contribution in [0.2, 0.25) is 0 Å². The molecule has 3 aromatic rings. The lowest BCUT2D eigenvalue weighted by atomic mass is 9.98. The summed E-state index contributed by atoms with van der Waals surface area (Å²) in [7, 11) is 1.64. The van der Waals surface area contributed by atoms with E-state index < -0.39 is 0 Å². The van der Waals surface area contributed by atoms with Gasteiger partial charge in [-0.25, -0.2) is 0 Å². The van der Waals surface area contributed by atoms with Gasteiger partial charge in [0.25, 0.3) is 0 Å². The quantitative estimate of drug-likeness (QED) is 0.790. The highest BCUT2D eigenvalue weighted by atomic mass is 16.5. The second-order valence-electron chi connectivity index (χ2n) is 4.82. The zero-order valence-corrected chi connectivity index (χ0v) is 12.0. The number of anilines is 1. The topological polar surface area (TPSA) is 61.3 Å². The third kappa shape index (κ3) is 2.36. The number of nitrogens with two attached hydrogens (primary N) is 1. The van der Waals surface area contributed by atoms with Gasteiger partial charge < -0.3 is 15.0 Å². The van der Waals surface area contributed by atoms with Crippen molar-refractivity contribution in [1.82, 2.24) is 5.16 Å². The number of methoxy groups -OCH3 is 1. The Hall–Kier alpha value is -2.75. The zero-order valence-electron chi connectivity index (χ0n) is 12.0. The van der Waals surface area contributed by atoms with Crippen molar-refractivity contribution < 1.29 is 9.26 Å². The molecule has 0 aliphatic heterocycles. The van der Waals surface area contributed by atoms with E-state index in [-0.39, 0.29) is 0 Å². The molecule has 4 nitrogen and oxygen atoms in total. The average Bonchev–Trinajstić information content (AvgIpc) is 2.89. The molecular formula is C17H16N2O2. The van der Waals surface area contributed by atoms with Crippen LogP contribution >= 0.6 is 0 Å². The third-order valence-corrected chi connectivity index (χ3v) is 3.49. The lowest BCUT2D eigenvalue weighted by Gasteiger charge is -2.06. The molecule has 0 amide bonds. The molecule has 2 N–H and O–H groups in total. The molecule has 106 valence electrons. The molecule has 0 spiro atoms. The molecule has 0 aliphatic rings. The van der Waals surface area contributed by atoms with Gasteiger partial charge in [0.2, 0.25) is 0 Å². The number of benzene rings is 2. The molecule has 0 unspecified atom stereocenters. The van der Waals surface area contributed by atoms with Crippen molar-refractivity contribution in [2.75, 3.05) is 12.8 Å². The van der Waals surface area contributed by atoms with Gasteiger partial charge in [-0.1, -0.05) is 29.4 Å². The van der Waals surface area contributed by atoms with Crippen molar-refractivity contribution in [3.05, 3.63) is 54.1 Å². The van der Waals surface area contributed by atoms with Gasteiger partial charge in [-0.15, -0.1) is 0 Å². The summed E-state index contributed by atoms with van der Waals surface area (Å²) < 4.78 is 10.6. The predicted molar refractivity (Wildman–Crippen MR) is 83.1 cm³/mol. The first kappa shape index (κ1) is 13.2. The Balaban J connectivity index is 2.15. The van der Waals surface area contributed by atoms with Crippen molar-refractivity contribution in [1.29, 1.82) is 0 Å². The van der Waals surface area contributed by atoms with E-state index in [1.165, 1.54) is 0 Å². The molecule has 0 bridgehead atoms. The Morgan fingerprint density at radius 3 is 2.43 bits per heavy atom. The maximum Gasteiger partial charge on any atom is 0.176 e. The Kier molecular flexibility index (Phi) is 3.36. The predicted octanol–water partition coefficient (Wildman–Crippen LogP) is 3.91. The van der Waals surface area contributed by atoms with Crippen LogP contribution in [0.15, 0.2) is 53.1 Å². The molecular weight excluding hydrogens is 264 g/mol. The van der Waals surface area contributed by atoms with Crippen molar-refractivity contribution in [2.45, 2.75) is 6.92 Å². The van der Waals surface area contributed by atoms with Crippen LogP contribution in [0.25, 0.3) is 22.5 Å². The van der Waals surface area contributed by atoms with Crippen LogP contribution in [-0.2, 0) is 0 Å². The summed E-state index contributed by atoms with van der Waals surface area (Å²) in [5, 5.41) is 3.92. The van der Waals surface area contributed by atoms with Gasteiger partial charge in [0.1, 0.15) is 5.75 Å². The van der Waals surface area contributed by atoms with Crippen LogP contribution in [0.1, 0.15) is 5.56 Å². The zero-order chi connectivity index (χ0) is 14.8. The molecule has 0 aliphatic carbocycles. The molecule has 2 aromatic carbocycles. The Labute approximate surface area is 123 Å². The summed E-state index contributed by atoms with van der Waals surface area (Å²) in [6.07, 6.45) is 0. The molecule has 0 atom stereocenters. The van der Waals surface area contributed by atoms with Crippen LogP contribution < -0.4 is 10.5 Å². The van der Waals surface area contributed by atoms with E-state index in [0.29, 0.717) is 11.6 Å². The van der Waals surface area contributed by atoms with Crippen LogP contribution in [0.5, 0.6) is 5.75 Å². The molecule has 1 heterocycles. The number of rotatable bonds is 3. The number of hydrogen-bond donors (Lipinski definition) is 1. The first-order valence-electron chi connectivity index (χ1n) is 6.66. The number of aromatic nitrogens is 1. The van der Waals surface area contributed by atoms with Crippen molar-refractivity contribution in [2.24, 2.45) is 0 Å². The molecule has 0 saturated heterocycles. The molecule has 0 fully saturated rings. The number of ether oxygens (including phenoxy) is 1. The lowest BCUT2D eigenvalue weighted by Crippen LogP contribution is -1.91. The van der Waals surface area contributed by atoms with Gasteiger partial charge in [0, 0.05) is 5.56 Å². The smallest absolute Gasteiger partial charge is 0.176 e. The van der Waals surface area contributed by atoms with Crippen molar-refractivity contribution in [3.63, 3.8) is 0 Å². The Bertz CT molecular complexity index is 761. The fourth-order valence-electron chi connectivity index (χ4n) is 2.36. The largest absolute Gasteiger partial charge is 0.497 e. The summed E-state index contributed by atoms with van der Waals surface area (Å²) in [6, 6.07) is 15.7. The average molecular weight is 280 g/mol. The summed E-state index contributed by atoms with van der Waals surface area (Å²) in [6.45, 7) is 2.04. The van der Waals surface area contributed by atoms with E-state index in [1.807, 2.05) is 55.5 Å². The summed E-state index contributed by atoms with van der Waals surface area (Å²) >= 11 is 0. The monoisotopic (exact) mass is 280 g/mol. The normalized spacial score (nSPS) is 10.6. The van der Waals surface area contributed by atoms with Gasteiger partial charge in [0.05, 0.1) is 12.7 Å². The van der Waals surface area contributed by atoms with E-state index in [2.05, 4.69) is 5.16 Å². The number of nitrogen functional groups attached to an aromatic ring is 1. The van der Waals surface area contributed by atoms with Gasteiger partial charge in [0.15, 0.2) is 11.6 Å². The summed E-state index contributed by atoms with van der Waals surface area (Å²) in [4.78, 5) is 0. The highest BCUT2D eigenvalue weighted by Crippen LogP contribution is 2.38. The fraction of sp³-hybridized carbons (Fsp3) is 0.118. The minimum Gasteiger partial charge on any atom is -0.497 e. The molecule has 21 heavy (non-hydrogen) atoms. The van der Waals surface area contributed by atoms with Crippen LogP contribution in [0, 0.1) is 6.92 Å². The van der Waals surface area contributed by atoms with E-state index in [0.717, 1.165) is 28.0 Å². The number of hydrogen-bond acceptors (Lipinski definition) is 4. The summed E-state index contributed by atoms with van der Waals surface area (Å²) in [5.74, 6) is 1.86. The van der Waals surface area contributed by atoms with Crippen molar-refractivity contribution >= 4 is 5.82 Å². The second kappa shape index (κ2) is 5.32. The Morgan fingerprint density at radius 1 is 1.05 bits per heavy atom. The minimum absolute atomic E-state index is 0.398. The third-order valence-electron chi connectivity index (χ3n) is 3.49. The van der Waals surface area contributed by atoms with E-state index in [4.69, 9.17) is 15.0 Å². The van der Waals surface area contributed by atoms with Crippen LogP contribution in [0.4, 0.5) is 5.82 Å². The van der Waals surface area contributed by atoms with Crippen LogP contribution in [-0.4, -0.2) is 12.3 Å². The molecule has 3 rings (SSSR count). The van der Waals surface area contributed by atoms with Gasteiger partial charge in [-0.05, 0) is 42.3 Å². The minimum atomic E-state index is 0.398. The highest BCUT2D eigenvalue weighted by Gasteiger charge is 2.18. The van der Waals surface area contributed by atoms with Crippen molar-refractivity contribution in [3.8, 4) is 28.2 Å². The number of nitrogens with zero attached hydrogens (tertiary/aromatic N) is 1. The second-order valence-corrected chi connectivity index (χ2v) is 4.82. The Morgan fingerprint density at radius 2 is 1.76 bits per heavy atom. The first-order valence-corrected chi connectivity index (χ1v) is 6.66. The van der Waals surface area contributed by atoms with Gasteiger partial charge in [-0.2, -0.15) is 0 Å². The molecule has 0 radical (unpaired) electrons. The van der Waals surface area contributed by atoms with Gasteiger partial charge in [-0.3, -0.25) is 0 Å². The van der Waals surface area contributed by atoms with E-state index in [9.17, 15) is 0 Å². The molecule has 4 heteroatoms. The number of aryl methyl sites for hydroxylation is 1. The van der Waals surface area contributed by atoms with E-state index in [1.54, 1.807) is 7.11 Å². The molecule has 1 aromatic heterocycles. The highest BCUT2D eigenvalue weighted by molar-refractivity contribution is 5.87. The summed E-state index contributed by atoms with van der Waals surface area (Å²) in [5.41, 5.74) is 9.91. The van der Waals surface area contributed by atoms with E-state index >= 15 is 0 Å². The lowest BCUT2D eigenvalue weighted by molar-refractivity contribution is 0.414. The van der Waals surface area contributed by atoms with Crippen LogP contribution in [0.3, 0.4) is 0 Å². The first-order chi connectivity index (χ1) is 10.2. The van der Waals surface area contributed by atoms with Gasteiger partial charge >= 0.3 is 0 Å². The molecule has 0 saturated carbocycles. The maximum atomic E-state index is 6.01. The SMILES string of the molecule is COc1ccc(-c2onc(N)c2-c2ccccc2C)cc1. The fourth-order valence-corrected chi connectivity index (χ4v) is 2.36. The standard InChI is InChI=1S/C17H16N2O2/c1-11-5-3-4-6-14(11)15-16(21-19-17(15)18)12-7-9-13(20-2)10-8-12/h3-10H,1-2H3,(H2,18,19). The maximum absolute atomic E-state index is 6.01.